The summed E-state index contributed by atoms with van der Waals surface area (Å²) in [5.74, 6) is 0. The van der Waals surface area contributed by atoms with E-state index in [4.69, 9.17) is 5.26 Å². The number of halogens is 1. The van der Waals surface area contributed by atoms with Gasteiger partial charge in [-0.15, -0.1) is 0 Å². The Kier molecular flexibility index (Phi) is 2.21. The van der Waals surface area contributed by atoms with E-state index in [1.807, 2.05) is 6.07 Å². The maximum absolute atomic E-state index is 12.7. The molecule has 1 aromatic rings. The summed E-state index contributed by atoms with van der Waals surface area (Å²) in [6.45, 7) is -0.0540. The van der Waals surface area contributed by atoms with E-state index in [0.29, 0.717) is 21.0 Å². The summed E-state index contributed by atoms with van der Waals surface area (Å²) < 4.78 is 34.8. The fourth-order valence-electron chi connectivity index (χ4n) is 1.65. The molecule has 1 aromatic carbocycles. The zero-order valence-electron chi connectivity index (χ0n) is 7.64. The lowest BCUT2D eigenvalue weighted by Gasteiger charge is -2.06. The molecule has 0 radical (unpaired) electrons. The molecule has 15 heavy (non-hydrogen) atoms. The predicted molar refractivity (Wildman–Crippen MR) is 50.4 cm³/mol. The van der Waals surface area contributed by atoms with Gasteiger partial charge in [0, 0.05) is 13.1 Å². The van der Waals surface area contributed by atoms with Gasteiger partial charge in [-0.05, 0) is 17.2 Å². The van der Waals surface area contributed by atoms with Crippen LogP contribution in [0.25, 0.3) is 0 Å². The van der Waals surface area contributed by atoms with Crippen LogP contribution in [0.3, 0.4) is 0 Å². The van der Waals surface area contributed by atoms with E-state index in [0.717, 1.165) is 0 Å². The van der Waals surface area contributed by atoms with Gasteiger partial charge in [-0.2, -0.15) is 18.0 Å². The van der Waals surface area contributed by atoms with Gasteiger partial charge in [0.2, 0.25) is 0 Å². The second-order valence-electron chi connectivity index (χ2n) is 3.27. The molecular formula is C9H7FN2O2S. The molecule has 0 fully saturated rings. The van der Waals surface area contributed by atoms with Crippen LogP contribution < -0.4 is 0 Å². The van der Waals surface area contributed by atoms with Crippen molar-refractivity contribution in [3.63, 3.8) is 0 Å². The van der Waals surface area contributed by atoms with Gasteiger partial charge in [-0.25, -0.2) is 0 Å². The fraction of sp³-hybridized carbons (Fsp3) is 0.222. The summed E-state index contributed by atoms with van der Waals surface area (Å²) in [5.41, 5.74) is 1.69. The van der Waals surface area contributed by atoms with E-state index in [-0.39, 0.29) is 13.1 Å². The molecule has 0 aliphatic carbocycles. The van der Waals surface area contributed by atoms with Crippen LogP contribution in [0.4, 0.5) is 3.89 Å². The molecule has 0 N–H and O–H groups in total. The Balaban J connectivity index is 2.45. The third-order valence-corrected chi connectivity index (χ3v) is 3.26. The molecule has 0 spiro atoms. The summed E-state index contributed by atoms with van der Waals surface area (Å²) >= 11 is 0. The van der Waals surface area contributed by atoms with Gasteiger partial charge in [0.25, 0.3) is 0 Å². The number of rotatable bonds is 1. The van der Waals surface area contributed by atoms with Gasteiger partial charge in [-0.1, -0.05) is 16.0 Å². The molecule has 4 nitrogen and oxygen atoms in total. The van der Waals surface area contributed by atoms with Gasteiger partial charge in [-0.3, -0.25) is 0 Å². The van der Waals surface area contributed by atoms with Crippen LogP contribution in [0.2, 0.25) is 0 Å². The summed E-state index contributed by atoms with van der Waals surface area (Å²) in [6, 6.07) is 6.90. The van der Waals surface area contributed by atoms with Crippen molar-refractivity contribution in [2.75, 3.05) is 0 Å². The molecular weight excluding hydrogens is 219 g/mol. The minimum atomic E-state index is -4.67. The van der Waals surface area contributed by atoms with Crippen molar-refractivity contribution >= 4 is 10.4 Å². The molecule has 0 aromatic heterocycles. The number of benzene rings is 1. The van der Waals surface area contributed by atoms with Crippen LogP contribution in [0.15, 0.2) is 18.2 Å². The molecule has 0 amide bonds. The Labute approximate surface area is 86.9 Å². The van der Waals surface area contributed by atoms with Crippen molar-refractivity contribution in [2.45, 2.75) is 13.1 Å². The van der Waals surface area contributed by atoms with Gasteiger partial charge in [0.1, 0.15) is 0 Å². The summed E-state index contributed by atoms with van der Waals surface area (Å²) in [5, 5.41) is 8.78. The number of fused-ring (bicyclic) bond motifs is 1. The molecule has 1 aliphatic rings. The van der Waals surface area contributed by atoms with E-state index in [1.165, 1.54) is 0 Å². The van der Waals surface area contributed by atoms with Gasteiger partial charge in [0.05, 0.1) is 11.6 Å². The van der Waals surface area contributed by atoms with Crippen molar-refractivity contribution in [2.24, 2.45) is 0 Å². The average Bonchev–Trinajstić information content (AvgIpc) is 2.59. The Morgan fingerprint density at radius 2 is 2.13 bits per heavy atom. The second kappa shape index (κ2) is 3.29. The highest BCUT2D eigenvalue weighted by atomic mass is 32.3. The Morgan fingerprint density at radius 3 is 2.73 bits per heavy atom. The van der Waals surface area contributed by atoms with Gasteiger partial charge >= 0.3 is 10.4 Å². The molecule has 0 unspecified atom stereocenters. The van der Waals surface area contributed by atoms with Crippen molar-refractivity contribution in [3.05, 3.63) is 34.9 Å². The fourth-order valence-corrected chi connectivity index (χ4v) is 2.23. The summed E-state index contributed by atoms with van der Waals surface area (Å²) in [4.78, 5) is 0. The van der Waals surface area contributed by atoms with Crippen molar-refractivity contribution in [1.29, 1.82) is 5.26 Å². The third kappa shape index (κ3) is 1.71. The maximum atomic E-state index is 12.7. The zero-order valence-corrected chi connectivity index (χ0v) is 8.46. The molecule has 6 heteroatoms. The standard InChI is InChI=1S/C9H7FN2O2S/c10-15(13,14)12-5-8-3-1-2-7(4-11)9(8)6-12/h1-3H,5-6H2. The Morgan fingerprint density at radius 1 is 1.40 bits per heavy atom. The van der Waals surface area contributed by atoms with Gasteiger partial charge in [0.15, 0.2) is 0 Å². The van der Waals surface area contributed by atoms with E-state index in [1.54, 1.807) is 18.2 Å². The van der Waals surface area contributed by atoms with Crippen LogP contribution >= 0.6 is 0 Å². The van der Waals surface area contributed by atoms with Crippen molar-refractivity contribution < 1.29 is 12.3 Å². The topological polar surface area (TPSA) is 61.2 Å². The molecule has 2 rings (SSSR count). The third-order valence-electron chi connectivity index (χ3n) is 2.38. The van der Waals surface area contributed by atoms with E-state index in [2.05, 4.69) is 0 Å². The van der Waals surface area contributed by atoms with Crippen LogP contribution in [0, 0.1) is 11.3 Å². The predicted octanol–water partition coefficient (Wildman–Crippen LogP) is 1.09. The first kappa shape index (κ1) is 10.1. The normalized spacial score (nSPS) is 16.0. The number of nitrogens with zero attached hydrogens (tertiary/aromatic N) is 2. The molecule has 1 aliphatic heterocycles. The lowest BCUT2D eigenvalue weighted by Crippen LogP contribution is -2.21. The minimum Gasteiger partial charge on any atom is -0.192 e. The van der Waals surface area contributed by atoms with Crippen LogP contribution in [0.1, 0.15) is 16.7 Å². The maximum Gasteiger partial charge on any atom is 0.375 e. The minimum absolute atomic E-state index is 0.00366. The lowest BCUT2D eigenvalue weighted by molar-refractivity contribution is 0.399. The van der Waals surface area contributed by atoms with E-state index < -0.39 is 10.4 Å². The molecule has 78 valence electrons. The number of nitriles is 1. The first-order chi connectivity index (χ1) is 7.02. The quantitative estimate of drug-likeness (QED) is 0.673. The molecule has 0 bridgehead atoms. The highest BCUT2D eigenvalue weighted by molar-refractivity contribution is 7.83. The monoisotopic (exact) mass is 226 g/mol. The molecule has 1 heterocycles. The summed E-state index contributed by atoms with van der Waals surface area (Å²) in [7, 11) is -4.67. The highest BCUT2D eigenvalue weighted by Gasteiger charge is 2.30. The van der Waals surface area contributed by atoms with Crippen LogP contribution in [-0.2, 0) is 23.5 Å². The molecule has 0 atom stereocenters. The van der Waals surface area contributed by atoms with E-state index >= 15 is 0 Å². The van der Waals surface area contributed by atoms with Crippen molar-refractivity contribution in [1.82, 2.24) is 4.31 Å². The first-order valence-corrected chi connectivity index (χ1v) is 5.57. The molecule has 0 saturated carbocycles. The smallest absolute Gasteiger partial charge is 0.192 e. The second-order valence-corrected chi connectivity index (χ2v) is 4.61. The first-order valence-electron chi connectivity index (χ1n) is 4.23. The Bertz CT molecular complexity index is 548. The van der Waals surface area contributed by atoms with Crippen LogP contribution in [-0.4, -0.2) is 12.7 Å². The number of hydrogen-bond acceptors (Lipinski definition) is 3. The van der Waals surface area contributed by atoms with Crippen LogP contribution in [0.5, 0.6) is 0 Å². The SMILES string of the molecule is N#Cc1cccc2c1CN(S(=O)(=O)F)C2. The Hall–Kier alpha value is -1.45. The van der Waals surface area contributed by atoms with Crippen molar-refractivity contribution in [3.8, 4) is 6.07 Å². The zero-order chi connectivity index (χ0) is 11.1. The highest BCUT2D eigenvalue weighted by Crippen LogP contribution is 2.27. The largest absolute Gasteiger partial charge is 0.375 e. The van der Waals surface area contributed by atoms with E-state index in [9.17, 15) is 12.3 Å². The average molecular weight is 226 g/mol. The molecule has 0 saturated heterocycles. The van der Waals surface area contributed by atoms with Gasteiger partial charge < -0.3 is 0 Å². The number of hydrogen-bond donors (Lipinski definition) is 0. The lowest BCUT2D eigenvalue weighted by atomic mass is 10.1. The summed E-state index contributed by atoms with van der Waals surface area (Å²) in [6.07, 6.45) is 0.